The fraction of sp³-hybridized carbons (Fsp3) is 0.481. The van der Waals surface area contributed by atoms with Crippen LogP contribution in [0.5, 0.6) is 0 Å². The van der Waals surface area contributed by atoms with Gasteiger partial charge < -0.3 is 30.1 Å². The van der Waals surface area contributed by atoms with Crippen LogP contribution < -0.4 is 5.32 Å². The van der Waals surface area contributed by atoms with Gasteiger partial charge in [0.15, 0.2) is 6.29 Å². The molecule has 1 amide bonds. The topological polar surface area (TPSA) is 129 Å². The van der Waals surface area contributed by atoms with Gasteiger partial charge in [-0.25, -0.2) is 0 Å². The fourth-order valence-corrected chi connectivity index (χ4v) is 4.80. The van der Waals surface area contributed by atoms with Gasteiger partial charge in [0.25, 0.3) is 0 Å². The number of carbonyl (C=O) groups excluding carboxylic acids is 1. The van der Waals surface area contributed by atoms with E-state index in [4.69, 9.17) is 14.6 Å². The maximum Gasteiger partial charge on any atom is 0.303 e. The molecule has 0 radical (unpaired) electrons. The molecule has 2 saturated heterocycles. The standard InChI is InChI=1S/C27H34N2O7/c30-16-18-3-5-19(6-4-18)24-14-23(15-29-13-1-2-22(29)17-31)35-27(36-24)20-7-9-21(10-8-20)28-25(32)11-12-26(33)34/h3-10,22-24,27,30-31H,1-2,11-17H2,(H,28,32)(H,33,34). The molecule has 194 valence electrons. The Balaban J connectivity index is 1.47. The second-order valence-corrected chi connectivity index (χ2v) is 9.39. The van der Waals surface area contributed by atoms with Crippen molar-refractivity contribution >= 4 is 17.6 Å². The third kappa shape index (κ3) is 6.89. The Hall–Kier alpha value is -2.82. The van der Waals surface area contributed by atoms with Crippen molar-refractivity contribution in [3.8, 4) is 0 Å². The summed E-state index contributed by atoms with van der Waals surface area (Å²) in [4.78, 5) is 24.9. The summed E-state index contributed by atoms with van der Waals surface area (Å²) in [6, 6.07) is 15.0. The molecule has 2 aromatic rings. The van der Waals surface area contributed by atoms with E-state index < -0.39 is 12.3 Å². The lowest BCUT2D eigenvalue weighted by Crippen LogP contribution is -2.42. The van der Waals surface area contributed by atoms with Gasteiger partial charge in [0.05, 0.1) is 31.8 Å². The molecule has 0 bridgehead atoms. The number of hydrogen-bond acceptors (Lipinski definition) is 7. The third-order valence-corrected chi connectivity index (χ3v) is 6.80. The van der Waals surface area contributed by atoms with E-state index in [1.807, 2.05) is 36.4 Å². The molecular weight excluding hydrogens is 464 g/mol. The van der Waals surface area contributed by atoms with Crippen molar-refractivity contribution < 1.29 is 34.4 Å². The molecular formula is C27H34N2O7. The van der Waals surface area contributed by atoms with Gasteiger partial charge in [0.2, 0.25) is 5.91 Å². The molecule has 4 N–H and O–H groups in total. The summed E-state index contributed by atoms with van der Waals surface area (Å²) in [5.41, 5.74) is 3.22. The lowest BCUT2D eigenvalue weighted by atomic mass is 9.99. The van der Waals surface area contributed by atoms with Gasteiger partial charge in [-0.05, 0) is 42.6 Å². The first-order chi connectivity index (χ1) is 17.4. The second kappa shape index (κ2) is 12.4. The lowest BCUT2D eigenvalue weighted by Gasteiger charge is -2.38. The summed E-state index contributed by atoms with van der Waals surface area (Å²) in [5, 5.41) is 30.6. The first-order valence-corrected chi connectivity index (χ1v) is 12.4. The van der Waals surface area contributed by atoms with Crippen molar-refractivity contribution in [1.82, 2.24) is 4.90 Å². The van der Waals surface area contributed by atoms with E-state index in [0.717, 1.165) is 36.1 Å². The summed E-state index contributed by atoms with van der Waals surface area (Å²) in [5.74, 6) is -1.37. The Kier molecular flexibility index (Phi) is 9.06. The van der Waals surface area contributed by atoms with E-state index in [0.29, 0.717) is 18.7 Å². The number of carbonyl (C=O) groups is 2. The molecule has 2 aliphatic heterocycles. The number of anilines is 1. The zero-order valence-corrected chi connectivity index (χ0v) is 20.2. The van der Waals surface area contributed by atoms with E-state index in [-0.39, 0.29) is 50.2 Å². The van der Waals surface area contributed by atoms with Gasteiger partial charge in [0, 0.05) is 36.7 Å². The van der Waals surface area contributed by atoms with Crippen molar-refractivity contribution in [2.45, 2.75) is 63.3 Å². The van der Waals surface area contributed by atoms with E-state index in [1.54, 1.807) is 12.1 Å². The number of amides is 1. The van der Waals surface area contributed by atoms with Crippen LogP contribution in [0.3, 0.4) is 0 Å². The zero-order valence-electron chi connectivity index (χ0n) is 20.2. The number of nitrogens with zero attached hydrogens (tertiary/aromatic N) is 1. The minimum absolute atomic E-state index is 0.0170. The number of likely N-dealkylation sites (tertiary alicyclic amines) is 1. The van der Waals surface area contributed by atoms with Gasteiger partial charge in [-0.2, -0.15) is 0 Å². The highest BCUT2D eigenvalue weighted by Gasteiger charge is 2.35. The highest BCUT2D eigenvalue weighted by Crippen LogP contribution is 2.39. The quantitative estimate of drug-likeness (QED) is 0.394. The van der Waals surface area contributed by atoms with Crippen LogP contribution in [0.25, 0.3) is 0 Å². The highest BCUT2D eigenvalue weighted by atomic mass is 16.7. The molecule has 2 heterocycles. The van der Waals surface area contributed by atoms with Gasteiger partial charge >= 0.3 is 5.97 Å². The number of nitrogens with one attached hydrogen (secondary N) is 1. The Labute approximate surface area is 210 Å². The van der Waals surface area contributed by atoms with Crippen LogP contribution in [0.15, 0.2) is 48.5 Å². The van der Waals surface area contributed by atoms with Crippen molar-refractivity contribution in [2.75, 3.05) is 25.0 Å². The number of carboxylic acids is 1. The Morgan fingerprint density at radius 2 is 1.69 bits per heavy atom. The third-order valence-electron chi connectivity index (χ3n) is 6.80. The average Bonchev–Trinajstić information content (AvgIpc) is 3.34. The monoisotopic (exact) mass is 498 g/mol. The van der Waals surface area contributed by atoms with Gasteiger partial charge in [0.1, 0.15) is 0 Å². The zero-order chi connectivity index (χ0) is 25.5. The number of aliphatic hydroxyl groups is 2. The summed E-state index contributed by atoms with van der Waals surface area (Å²) < 4.78 is 12.7. The lowest BCUT2D eigenvalue weighted by molar-refractivity contribution is -0.253. The first kappa shape index (κ1) is 26.2. The fourth-order valence-electron chi connectivity index (χ4n) is 4.80. The van der Waals surface area contributed by atoms with Crippen molar-refractivity contribution in [3.63, 3.8) is 0 Å². The molecule has 36 heavy (non-hydrogen) atoms. The largest absolute Gasteiger partial charge is 0.481 e. The molecule has 0 aromatic heterocycles. The van der Waals surface area contributed by atoms with Crippen molar-refractivity contribution in [1.29, 1.82) is 0 Å². The summed E-state index contributed by atoms with van der Waals surface area (Å²) in [6.45, 7) is 1.76. The molecule has 2 aliphatic rings. The number of rotatable bonds is 10. The molecule has 0 spiro atoms. The first-order valence-electron chi connectivity index (χ1n) is 12.4. The van der Waals surface area contributed by atoms with Gasteiger partial charge in [-0.3, -0.25) is 14.5 Å². The molecule has 0 saturated carbocycles. The summed E-state index contributed by atoms with van der Waals surface area (Å²) in [6.07, 6.45) is 1.48. The predicted octanol–water partition coefficient (Wildman–Crippen LogP) is 2.98. The second-order valence-electron chi connectivity index (χ2n) is 9.39. The van der Waals surface area contributed by atoms with Crippen LogP contribution in [-0.2, 0) is 25.7 Å². The molecule has 2 fully saturated rings. The van der Waals surface area contributed by atoms with Crippen LogP contribution in [0.4, 0.5) is 5.69 Å². The Bertz CT molecular complexity index is 1010. The number of benzene rings is 2. The van der Waals surface area contributed by atoms with Crippen LogP contribution in [-0.4, -0.2) is 63.9 Å². The molecule has 4 unspecified atom stereocenters. The van der Waals surface area contributed by atoms with Crippen molar-refractivity contribution in [2.24, 2.45) is 0 Å². The summed E-state index contributed by atoms with van der Waals surface area (Å²) in [7, 11) is 0. The van der Waals surface area contributed by atoms with Gasteiger partial charge in [-0.1, -0.05) is 36.4 Å². The number of aliphatic carboxylic acids is 1. The van der Waals surface area contributed by atoms with E-state index >= 15 is 0 Å². The highest BCUT2D eigenvalue weighted by molar-refractivity contribution is 5.92. The minimum Gasteiger partial charge on any atom is -0.481 e. The van der Waals surface area contributed by atoms with Crippen LogP contribution in [0.1, 0.15) is 61.2 Å². The van der Waals surface area contributed by atoms with Crippen molar-refractivity contribution in [3.05, 3.63) is 65.2 Å². The minimum atomic E-state index is -1.01. The van der Waals surface area contributed by atoms with E-state index in [2.05, 4.69) is 10.2 Å². The molecule has 9 heteroatoms. The Morgan fingerprint density at radius 3 is 2.36 bits per heavy atom. The maximum atomic E-state index is 11.9. The van der Waals surface area contributed by atoms with E-state index in [1.165, 1.54) is 0 Å². The predicted molar refractivity (Wildman–Crippen MR) is 132 cm³/mol. The SMILES string of the molecule is O=C(O)CCC(=O)Nc1ccc(C2OC(CN3CCCC3CO)CC(c3ccc(CO)cc3)O2)cc1. The molecule has 0 aliphatic carbocycles. The average molecular weight is 499 g/mol. The van der Waals surface area contributed by atoms with Gasteiger partial charge in [-0.15, -0.1) is 0 Å². The van der Waals surface area contributed by atoms with Crippen LogP contribution >= 0.6 is 0 Å². The smallest absolute Gasteiger partial charge is 0.303 e. The molecule has 4 atom stereocenters. The summed E-state index contributed by atoms with van der Waals surface area (Å²) >= 11 is 0. The number of aliphatic hydroxyl groups excluding tert-OH is 2. The van der Waals surface area contributed by atoms with Crippen LogP contribution in [0.2, 0.25) is 0 Å². The molecule has 4 rings (SSSR count). The Morgan fingerprint density at radius 1 is 0.972 bits per heavy atom. The number of carboxylic acid groups (broad SMARTS) is 1. The van der Waals surface area contributed by atoms with E-state index in [9.17, 15) is 19.8 Å². The number of ether oxygens (including phenoxy) is 2. The number of hydrogen-bond donors (Lipinski definition) is 4. The molecule has 9 nitrogen and oxygen atoms in total. The normalized spacial score (nSPS) is 24.5. The van der Waals surface area contributed by atoms with Crippen LogP contribution in [0, 0.1) is 0 Å². The molecule has 2 aromatic carbocycles. The maximum absolute atomic E-state index is 11.9.